The SMILES string of the molecule is COCCC(C)(O)CNc1ccc(N)c2cccnc12. The molecule has 0 saturated carbocycles. The maximum Gasteiger partial charge on any atom is 0.0953 e. The van der Waals surface area contributed by atoms with Gasteiger partial charge in [0.15, 0.2) is 0 Å². The topological polar surface area (TPSA) is 80.4 Å². The van der Waals surface area contributed by atoms with E-state index in [-0.39, 0.29) is 0 Å². The van der Waals surface area contributed by atoms with Gasteiger partial charge in [0.05, 0.1) is 16.8 Å². The third-order valence-corrected chi connectivity index (χ3v) is 3.31. The fourth-order valence-electron chi connectivity index (χ4n) is 2.03. The number of benzene rings is 1. The third-order valence-electron chi connectivity index (χ3n) is 3.31. The highest BCUT2D eigenvalue weighted by Gasteiger charge is 2.20. The second-order valence-corrected chi connectivity index (χ2v) is 5.20. The number of ether oxygens (including phenoxy) is 1. The molecule has 0 radical (unpaired) electrons. The number of methoxy groups -OCH3 is 1. The zero-order chi connectivity index (χ0) is 14.6. The van der Waals surface area contributed by atoms with Crippen molar-refractivity contribution >= 4 is 22.3 Å². The van der Waals surface area contributed by atoms with Crippen LogP contribution < -0.4 is 11.1 Å². The number of nitrogens with two attached hydrogens (primary N) is 1. The molecule has 0 bridgehead atoms. The Balaban J connectivity index is 2.16. The van der Waals surface area contributed by atoms with Crippen LogP contribution in [0.3, 0.4) is 0 Å². The Morgan fingerprint density at radius 1 is 1.40 bits per heavy atom. The van der Waals surface area contributed by atoms with Crippen LogP contribution in [0.4, 0.5) is 11.4 Å². The molecule has 0 aliphatic heterocycles. The zero-order valence-corrected chi connectivity index (χ0v) is 11.9. The predicted octanol–water partition coefficient (Wildman–Crippen LogP) is 2.02. The molecule has 0 spiro atoms. The van der Waals surface area contributed by atoms with E-state index in [0.717, 1.165) is 16.6 Å². The molecular weight excluding hydrogens is 254 g/mol. The van der Waals surface area contributed by atoms with E-state index in [2.05, 4.69) is 10.3 Å². The summed E-state index contributed by atoms with van der Waals surface area (Å²) in [6, 6.07) is 7.52. The summed E-state index contributed by atoms with van der Waals surface area (Å²) in [6.45, 7) is 2.73. The fourth-order valence-corrected chi connectivity index (χ4v) is 2.03. The molecule has 0 saturated heterocycles. The maximum atomic E-state index is 10.2. The quantitative estimate of drug-likeness (QED) is 0.703. The maximum absolute atomic E-state index is 10.2. The van der Waals surface area contributed by atoms with Gasteiger partial charge in [-0.15, -0.1) is 0 Å². The third kappa shape index (κ3) is 3.37. The first-order valence-corrected chi connectivity index (χ1v) is 6.62. The molecule has 2 aromatic rings. The number of nitrogens with one attached hydrogen (secondary N) is 1. The average Bonchev–Trinajstić information content (AvgIpc) is 2.45. The van der Waals surface area contributed by atoms with Crippen LogP contribution in [-0.4, -0.2) is 36.0 Å². The van der Waals surface area contributed by atoms with Crippen molar-refractivity contribution < 1.29 is 9.84 Å². The number of nitrogens with zero attached hydrogens (tertiary/aromatic N) is 1. The van der Waals surface area contributed by atoms with Crippen LogP contribution in [0.2, 0.25) is 0 Å². The molecule has 1 heterocycles. The van der Waals surface area contributed by atoms with Crippen molar-refractivity contribution in [3.63, 3.8) is 0 Å². The van der Waals surface area contributed by atoms with E-state index in [9.17, 15) is 5.11 Å². The van der Waals surface area contributed by atoms with E-state index in [1.54, 1.807) is 20.2 Å². The highest BCUT2D eigenvalue weighted by molar-refractivity contribution is 5.98. The van der Waals surface area contributed by atoms with Gasteiger partial charge in [-0.1, -0.05) is 0 Å². The first-order valence-electron chi connectivity index (χ1n) is 6.62. The van der Waals surface area contributed by atoms with Gasteiger partial charge in [0, 0.05) is 44.0 Å². The highest BCUT2D eigenvalue weighted by atomic mass is 16.5. The first-order chi connectivity index (χ1) is 9.53. The molecule has 108 valence electrons. The molecule has 0 aliphatic rings. The van der Waals surface area contributed by atoms with E-state index >= 15 is 0 Å². The lowest BCUT2D eigenvalue weighted by atomic mass is 10.0. The van der Waals surface area contributed by atoms with Crippen LogP contribution in [-0.2, 0) is 4.74 Å². The molecule has 20 heavy (non-hydrogen) atoms. The second kappa shape index (κ2) is 6.07. The fraction of sp³-hybridized carbons (Fsp3) is 0.400. The van der Waals surface area contributed by atoms with Crippen molar-refractivity contribution in [2.75, 3.05) is 31.3 Å². The van der Waals surface area contributed by atoms with Crippen molar-refractivity contribution in [1.82, 2.24) is 4.98 Å². The Bertz CT molecular complexity index is 584. The van der Waals surface area contributed by atoms with Crippen LogP contribution in [0, 0.1) is 0 Å². The lowest BCUT2D eigenvalue weighted by Crippen LogP contribution is -2.34. The summed E-state index contributed by atoms with van der Waals surface area (Å²) in [7, 11) is 1.63. The lowest BCUT2D eigenvalue weighted by molar-refractivity contribution is 0.0358. The number of aliphatic hydroxyl groups is 1. The van der Waals surface area contributed by atoms with Crippen LogP contribution in [0.5, 0.6) is 0 Å². The van der Waals surface area contributed by atoms with Crippen molar-refractivity contribution in [3.8, 4) is 0 Å². The van der Waals surface area contributed by atoms with Gasteiger partial charge in [-0.3, -0.25) is 4.98 Å². The lowest BCUT2D eigenvalue weighted by Gasteiger charge is -2.24. The summed E-state index contributed by atoms with van der Waals surface area (Å²) in [5.74, 6) is 0. The van der Waals surface area contributed by atoms with E-state index in [1.165, 1.54) is 0 Å². The van der Waals surface area contributed by atoms with E-state index in [4.69, 9.17) is 10.5 Å². The Labute approximate surface area is 118 Å². The number of pyridine rings is 1. The first kappa shape index (κ1) is 14.6. The number of hydrogen-bond donors (Lipinski definition) is 3. The number of anilines is 2. The molecule has 4 N–H and O–H groups in total. The van der Waals surface area contributed by atoms with E-state index in [0.29, 0.717) is 25.3 Å². The van der Waals surface area contributed by atoms with Gasteiger partial charge in [-0.2, -0.15) is 0 Å². The minimum atomic E-state index is -0.835. The number of fused-ring (bicyclic) bond motifs is 1. The van der Waals surface area contributed by atoms with E-state index in [1.807, 2.05) is 24.3 Å². The largest absolute Gasteiger partial charge is 0.398 e. The molecule has 2 rings (SSSR count). The number of nitrogen functional groups attached to an aromatic ring is 1. The van der Waals surface area contributed by atoms with Gasteiger partial charge in [-0.25, -0.2) is 0 Å². The molecular formula is C15H21N3O2. The Morgan fingerprint density at radius 3 is 2.95 bits per heavy atom. The Morgan fingerprint density at radius 2 is 2.20 bits per heavy atom. The van der Waals surface area contributed by atoms with Crippen molar-refractivity contribution in [2.45, 2.75) is 18.9 Å². The molecule has 0 aliphatic carbocycles. The molecule has 1 aromatic carbocycles. The number of hydrogen-bond acceptors (Lipinski definition) is 5. The van der Waals surface area contributed by atoms with Crippen molar-refractivity contribution in [3.05, 3.63) is 30.5 Å². The van der Waals surface area contributed by atoms with Crippen LogP contribution in [0.25, 0.3) is 10.9 Å². The van der Waals surface area contributed by atoms with Crippen LogP contribution >= 0.6 is 0 Å². The molecule has 1 aromatic heterocycles. The molecule has 1 unspecified atom stereocenters. The Hall–Kier alpha value is -1.85. The molecule has 5 nitrogen and oxygen atoms in total. The summed E-state index contributed by atoms with van der Waals surface area (Å²) in [5, 5.41) is 14.4. The number of aromatic nitrogens is 1. The summed E-state index contributed by atoms with van der Waals surface area (Å²) in [6.07, 6.45) is 2.30. The van der Waals surface area contributed by atoms with Gasteiger partial charge < -0.3 is 20.9 Å². The summed E-state index contributed by atoms with van der Waals surface area (Å²) in [4.78, 5) is 4.36. The van der Waals surface area contributed by atoms with Gasteiger partial charge in [0.25, 0.3) is 0 Å². The van der Waals surface area contributed by atoms with Gasteiger partial charge in [0.2, 0.25) is 0 Å². The molecule has 5 heteroatoms. The van der Waals surface area contributed by atoms with Gasteiger partial charge in [-0.05, 0) is 31.2 Å². The summed E-state index contributed by atoms with van der Waals surface area (Å²) < 4.78 is 5.00. The van der Waals surface area contributed by atoms with E-state index < -0.39 is 5.60 Å². The highest BCUT2D eigenvalue weighted by Crippen LogP contribution is 2.26. The van der Waals surface area contributed by atoms with Crippen molar-refractivity contribution in [2.24, 2.45) is 0 Å². The summed E-state index contributed by atoms with van der Waals surface area (Å²) in [5.41, 5.74) is 7.49. The molecule has 0 fully saturated rings. The minimum Gasteiger partial charge on any atom is -0.398 e. The van der Waals surface area contributed by atoms with Crippen LogP contribution in [0.15, 0.2) is 30.5 Å². The molecule has 0 amide bonds. The average molecular weight is 275 g/mol. The van der Waals surface area contributed by atoms with Crippen molar-refractivity contribution in [1.29, 1.82) is 0 Å². The van der Waals surface area contributed by atoms with Gasteiger partial charge >= 0.3 is 0 Å². The molecule has 1 atom stereocenters. The smallest absolute Gasteiger partial charge is 0.0953 e. The summed E-state index contributed by atoms with van der Waals surface area (Å²) >= 11 is 0. The van der Waals surface area contributed by atoms with Gasteiger partial charge in [0.1, 0.15) is 0 Å². The number of rotatable bonds is 6. The second-order valence-electron chi connectivity index (χ2n) is 5.20. The van der Waals surface area contributed by atoms with Crippen LogP contribution in [0.1, 0.15) is 13.3 Å². The standard InChI is InChI=1S/C15H21N3O2/c1-15(19,7-9-20-2)10-18-13-6-5-12(16)11-4-3-8-17-14(11)13/h3-6,8,18-19H,7,9-10,16H2,1-2H3. The minimum absolute atomic E-state index is 0.423. The normalized spacial score (nSPS) is 14.2. The monoisotopic (exact) mass is 275 g/mol. The zero-order valence-electron chi connectivity index (χ0n) is 11.9. The Kier molecular flexibility index (Phi) is 4.42. The predicted molar refractivity (Wildman–Crippen MR) is 81.8 cm³/mol.